The normalized spacial score (nSPS) is 18.8. The molecule has 9 heteroatoms. The molecule has 1 fully saturated rings. The van der Waals surface area contributed by atoms with Gasteiger partial charge in [-0.25, -0.2) is 0 Å². The van der Waals surface area contributed by atoms with Gasteiger partial charge in [0.15, 0.2) is 0 Å². The number of H-pyrrole nitrogens is 1. The first-order valence-electron chi connectivity index (χ1n) is 10.7. The van der Waals surface area contributed by atoms with Crippen LogP contribution in [0.25, 0.3) is 0 Å². The number of benzene rings is 1. The van der Waals surface area contributed by atoms with Crippen LogP contribution in [0.1, 0.15) is 44.6 Å². The Kier molecular flexibility index (Phi) is 5.92. The van der Waals surface area contributed by atoms with E-state index in [-0.39, 0.29) is 23.7 Å². The van der Waals surface area contributed by atoms with Gasteiger partial charge in [0.05, 0.1) is 23.8 Å². The van der Waals surface area contributed by atoms with E-state index >= 15 is 0 Å². The Morgan fingerprint density at radius 2 is 2.00 bits per heavy atom. The van der Waals surface area contributed by atoms with Gasteiger partial charge in [-0.05, 0) is 37.8 Å². The lowest BCUT2D eigenvalue weighted by molar-refractivity contribution is -0.123. The highest BCUT2D eigenvalue weighted by Crippen LogP contribution is 2.32. The lowest BCUT2D eigenvalue weighted by Crippen LogP contribution is -2.39. The van der Waals surface area contributed by atoms with Gasteiger partial charge >= 0.3 is 0 Å². The van der Waals surface area contributed by atoms with Crippen LogP contribution in [0.3, 0.4) is 0 Å². The fraction of sp³-hybridized carbons (Fsp3) is 0.455. The average Bonchev–Trinajstić information content (AvgIpc) is 2.75. The molecule has 1 aromatic heterocycles. The van der Waals surface area contributed by atoms with Crippen molar-refractivity contribution in [2.45, 2.75) is 39.0 Å². The second-order valence-corrected chi connectivity index (χ2v) is 8.04. The zero-order valence-electron chi connectivity index (χ0n) is 17.7. The molecule has 2 aromatic rings. The first kappa shape index (κ1) is 20.9. The van der Waals surface area contributed by atoms with Crippen molar-refractivity contribution in [2.24, 2.45) is 5.92 Å². The number of rotatable bonds is 5. The second-order valence-electron chi connectivity index (χ2n) is 8.04. The Bertz CT molecular complexity index is 1040. The van der Waals surface area contributed by atoms with Crippen LogP contribution >= 0.6 is 0 Å². The van der Waals surface area contributed by atoms with E-state index in [1.165, 1.54) is 0 Å². The fourth-order valence-corrected chi connectivity index (χ4v) is 4.02. The van der Waals surface area contributed by atoms with E-state index in [1.807, 2.05) is 17.9 Å². The highest BCUT2D eigenvalue weighted by Gasteiger charge is 2.35. The SMILES string of the molecule is CCOc1ccccc1NC(=O)[C@@H]1CC(=O)Nc2nc(N3CCC(C)CC3)[nH]c(=O)c21. The minimum absolute atomic E-state index is 0.124. The summed E-state index contributed by atoms with van der Waals surface area (Å²) in [4.78, 5) is 47.7. The molecule has 0 radical (unpaired) electrons. The van der Waals surface area contributed by atoms with Gasteiger partial charge in [-0.3, -0.25) is 19.4 Å². The summed E-state index contributed by atoms with van der Waals surface area (Å²) >= 11 is 0. The van der Waals surface area contributed by atoms with Crippen molar-refractivity contribution in [3.05, 3.63) is 40.2 Å². The summed E-state index contributed by atoms with van der Waals surface area (Å²) < 4.78 is 5.55. The molecule has 2 aliphatic heterocycles. The minimum atomic E-state index is -0.940. The Morgan fingerprint density at radius 3 is 2.74 bits per heavy atom. The third kappa shape index (κ3) is 4.40. The predicted molar refractivity (Wildman–Crippen MR) is 118 cm³/mol. The summed E-state index contributed by atoms with van der Waals surface area (Å²) in [5.74, 6) is 0.0151. The lowest BCUT2D eigenvalue weighted by atomic mass is 9.92. The third-order valence-corrected chi connectivity index (χ3v) is 5.78. The maximum atomic E-state index is 13.1. The summed E-state index contributed by atoms with van der Waals surface area (Å²) in [5.41, 5.74) is 0.266. The van der Waals surface area contributed by atoms with Crippen molar-refractivity contribution in [2.75, 3.05) is 35.2 Å². The number of fused-ring (bicyclic) bond motifs is 1. The monoisotopic (exact) mass is 425 g/mol. The number of aromatic amines is 1. The van der Waals surface area contributed by atoms with Gasteiger partial charge < -0.3 is 20.3 Å². The number of ether oxygens (including phenoxy) is 1. The Hall–Kier alpha value is -3.36. The molecule has 0 bridgehead atoms. The van der Waals surface area contributed by atoms with Crippen LogP contribution in [0.15, 0.2) is 29.1 Å². The number of aromatic nitrogens is 2. The number of nitrogens with one attached hydrogen (secondary N) is 3. The number of nitrogens with zero attached hydrogens (tertiary/aromatic N) is 2. The van der Waals surface area contributed by atoms with E-state index in [0.29, 0.717) is 29.9 Å². The molecule has 0 saturated carbocycles. The zero-order chi connectivity index (χ0) is 22.0. The fourth-order valence-electron chi connectivity index (χ4n) is 4.02. The van der Waals surface area contributed by atoms with Crippen molar-refractivity contribution in [1.82, 2.24) is 9.97 Å². The molecule has 9 nitrogen and oxygen atoms in total. The largest absolute Gasteiger partial charge is 0.492 e. The number of anilines is 3. The maximum Gasteiger partial charge on any atom is 0.258 e. The maximum absolute atomic E-state index is 13.1. The molecule has 0 aliphatic carbocycles. The number of carbonyl (C=O) groups is 2. The van der Waals surface area contributed by atoms with E-state index in [2.05, 4.69) is 27.5 Å². The molecule has 3 N–H and O–H groups in total. The van der Waals surface area contributed by atoms with Crippen molar-refractivity contribution in [3.8, 4) is 5.75 Å². The average molecular weight is 425 g/mol. The molecule has 164 valence electrons. The van der Waals surface area contributed by atoms with Crippen molar-refractivity contribution < 1.29 is 14.3 Å². The standard InChI is InChI=1S/C22H27N5O4/c1-3-31-16-7-5-4-6-15(16)23-20(29)14-12-17(28)24-19-18(14)21(30)26-22(25-19)27-10-8-13(2)9-11-27/h4-7,13-14H,3,8-12H2,1-2H3,(H,23,29)(H2,24,25,26,28,30)/t14-/m1/s1. The molecule has 2 amide bonds. The molecule has 3 heterocycles. The molecule has 0 spiro atoms. The molecule has 1 atom stereocenters. The number of para-hydroxylation sites is 2. The molecule has 31 heavy (non-hydrogen) atoms. The highest BCUT2D eigenvalue weighted by atomic mass is 16.5. The molecule has 0 unspecified atom stereocenters. The Labute approximate surface area is 180 Å². The number of hydrogen-bond donors (Lipinski definition) is 3. The summed E-state index contributed by atoms with van der Waals surface area (Å²) in [5, 5.41) is 5.47. The van der Waals surface area contributed by atoms with E-state index in [1.54, 1.807) is 18.2 Å². The summed E-state index contributed by atoms with van der Waals surface area (Å²) in [6, 6.07) is 7.05. The van der Waals surface area contributed by atoms with Gasteiger partial charge in [-0.1, -0.05) is 19.1 Å². The highest BCUT2D eigenvalue weighted by molar-refractivity contribution is 6.04. The molecular formula is C22H27N5O4. The van der Waals surface area contributed by atoms with Crippen LogP contribution < -0.4 is 25.8 Å². The summed E-state index contributed by atoms with van der Waals surface area (Å²) in [6.45, 7) is 6.08. The van der Waals surface area contributed by atoms with Crippen molar-refractivity contribution in [3.63, 3.8) is 0 Å². The van der Waals surface area contributed by atoms with E-state index in [4.69, 9.17) is 4.74 Å². The first-order valence-corrected chi connectivity index (χ1v) is 10.7. The third-order valence-electron chi connectivity index (χ3n) is 5.78. The van der Waals surface area contributed by atoms with Gasteiger partial charge in [-0.2, -0.15) is 4.98 Å². The minimum Gasteiger partial charge on any atom is -0.492 e. The zero-order valence-corrected chi connectivity index (χ0v) is 17.7. The van der Waals surface area contributed by atoms with Gasteiger partial charge in [0.1, 0.15) is 11.6 Å². The van der Waals surface area contributed by atoms with E-state index in [9.17, 15) is 14.4 Å². The number of amides is 2. The van der Waals surface area contributed by atoms with Crippen LogP contribution in [-0.4, -0.2) is 41.5 Å². The molecule has 2 aliphatic rings. The van der Waals surface area contributed by atoms with Crippen molar-refractivity contribution >= 4 is 29.3 Å². The van der Waals surface area contributed by atoms with E-state index in [0.717, 1.165) is 25.9 Å². The van der Waals surface area contributed by atoms with Crippen molar-refractivity contribution in [1.29, 1.82) is 0 Å². The molecular weight excluding hydrogens is 398 g/mol. The van der Waals surface area contributed by atoms with Gasteiger partial charge in [-0.15, -0.1) is 0 Å². The van der Waals surface area contributed by atoms with Crippen LogP contribution in [0, 0.1) is 5.92 Å². The van der Waals surface area contributed by atoms with Gasteiger partial charge in [0, 0.05) is 19.5 Å². The van der Waals surface area contributed by atoms with Gasteiger partial charge in [0.25, 0.3) is 5.56 Å². The van der Waals surface area contributed by atoms with Crippen LogP contribution in [-0.2, 0) is 9.59 Å². The lowest BCUT2D eigenvalue weighted by Gasteiger charge is -2.31. The van der Waals surface area contributed by atoms with Gasteiger partial charge in [0.2, 0.25) is 17.8 Å². The second kappa shape index (κ2) is 8.79. The topological polar surface area (TPSA) is 116 Å². The number of hydrogen-bond acceptors (Lipinski definition) is 6. The number of carbonyl (C=O) groups excluding carboxylic acids is 2. The van der Waals surface area contributed by atoms with E-state index < -0.39 is 17.4 Å². The summed E-state index contributed by atoms with van der Waals surface area (Å²) in [7, 11) is 0. The molecule has 1 saturated heterocycles. The molecule has 4 rings (SSSR count). The Morgan fingerprint density at radius 1 is 1.26 bits per heavy atom. The summed E-state index contributed by atoms with van der Waals surface area (Å²) in [6.07, 6.45) is 1.90. The Balaban J connectivity index is 1.62. The molecule has 1 aromatic carbocycles. The predicted octanol–water partition coefficient (Wildman–Crippen LogP) is 2.47. The van der Waals surface area contributed by atoms with Crippen LogP contribution in [0.4, 0.5) is 17.5 Å². The van der Waals surface area contributed by atoms with Crippen LogP contribution in [0.5, 0.6) is 5.75 Å². The van der Waals surface area contributed by atoms with Crippen LogP contribution in [0.2, 0.25) is 0 Å². The smallest absolute Gasteiger partial charge is 0.258 e. The quantitative estimate of drug-likeness (QED) is 0.678. The first-order chi connectivity index (χ1) is 15.0. The number of piperidine rings is 1.